The molecule has 1 aromatic heterocycles. The Morgan fingerprint density at radius 1 is 0.810 bits per heavy atom. The third kappa shape index (κ3) is 11.8. The fourth-order valence-corrected chi connectivity index (χ4v) is 5.91. The van der Waals surface area contributed by atoms with E-state index in [-0.39, 0.29) is 11.4 Å². The first-order valence-electron chi connectivity index (χ1n) is 16.1. The van der Waals surface area contributed by atoms with Crippen molar-refractivity contribution in [1.29, 1.82) is 0 Å². The molecule has 3 aromatic rings. The third-order valence-electron chi connectivity index (χ3n) is 7.66. The number of benzene rings is 2. The van der Waals surface area contributed by atoms with E-state index < -0.39 is 0 Å². The van der Waals surface area contributed by atoms with Crippen molar-refractivity contribution in [2.24, 2.45) is 0 Å². The van der Waals surface area contributed by atoms with Crippen molar-refractivity contribution in [3.8, 4) is 5.75 Å². The van der Waals surface area contributed by atoms with Crippen LogP contribution in [0.15, 0.2) is 54.2 Å². The molecule has 0 aliphatic rings. The van der Waals surface area contributed by atoms with Gasteiger partial charge in [-0.2, -0.15) is 4.57 Å². The summed E-state index contributed by atoms with van der Waals surface area (Å²) in [6.45, 7) is 12.3. The minimum absolute atomic E-state index is 0.109. The van der Waals surface area contributed by atoms with Crippen LogP contribution in [0.4, 0.5) is 16.2 Å². The van der Waals surface area contributed by atoms with E-state index in [9.17, 15) is 4.79 Å². The van der Waals surface area contributed by atoms with E-state index in [1.165, 1.54) is 75.5 Å². The van der Waals surface area contributed by atoms with Gasteiger partial charge in [-0.1, -0.05) is 140 Å². The lowest BCUT2D eigenvalue weighted by Gasteiger charge is -2.25. The molecule has 0 fully saturated rings. The molecule has 0 radical (unpaired) electrons. The van der Waals surface area contributed by atoms with Crippen LogP contribution in [0, 0.1) is 6.92 Å². The average Bonchev–Trinajstić information content (AvgIpc) is 3.36. The van der Waals surface area contributed by atoms with Crippen LogP contribution >= 0.6 is 11.3 Å². The van der Waals surface area contributed by atoms with Gasteiger partial charge in [-0.25, -0.2) is 4.79 Å². The summed E-state index contributed by atoms with van der Waals surface area (Å²) in [5, 5.41) is 6.16. The molecule has 0 bridgehead atoms. The number of para-hydroxylation sites is 2. The van der Waals surface area contributed by atoms with Crippen molar-refractivity contribution in [2.75, 3.05) is 17.2 Å². The number of carbonyl (C=O) groups excluding carboxylic acids is 1. The van der Waals surface area contributed by atoms with Crippen LogP contribution < -0.4 is 19.9 Å². The van der Waals surface area contributed by atoms with E-state index in [1.54, 1.807) is 11.3 Å². The van der Waals surface area contributed by atoms with Gasteiger partial charge in [0.25, 0.3) is 0 Å². The molecular weight excluding hydrogens is 538 g/mol. The van der Waals surface area contributed by atoms with Crippen LogP contribution in [0.2, 0.25) is 0 Å². The molecule has 0 spiro atoms. The molecule has 3 rings (SSSR count). The van der Waals surface area contributed by atoms with Crippen molar-refractivity contribution in [2.45, 2.75) is 124 Å². The molecule has 0 saturated heterocycles. The zero-order valence-corrected chi connectivity index (χ0v) is 27.6. The van der Waals surface area contributed by atoms with Gasteiger partial charge in [0.05, 0.1) is 22.9 Å². The quantitative estimate of drug-likeness (QED) is 0.114. The van der Waals surface area contributed by atoms with Crippen molar-refractivity contribution in [1.82, 2.24) is 0 Å². The molecule has 5 nitrogen and oxygen atoms in total. The minimum Gasteiger partial charge on any atom is -0.491 e. The van der Waals surface area contributed by atoms with Gasteiger partial charge in [0.2, 0.25) is 5.51 Å². The fraction of sp³-hybridized carbons (Fsp3) is 0.556. The number of carbonyl (C=O) groups is 1. The highest BCUT2D eigenvalue weighted by Gasteiger charge is 2.22. The Balaban J connectivity index is 1.51. The second kappa shape index (κ2) is 17.9. The van der Waals surface area contributed by atoms with E-state index in [1.807, 2.05) is 30.3 Å². The summed E-state index contributed by atoms with van der Waals surface area (Å²) in [6.07, 6.45) is 17.9. The summed E-state index contributed by atoms with van der Waals surface area (Å²) in [6, 6.07) is 13.7. The summed E-state index contributed by atoms with van der Waals surface area (Å²) in [4.78, 5) is 14.5. The van der Waals surface area contributed by atoms with Crippen LogP contribution in [0.1, 0.15) is 121 Å². The number of aryl methyl sites for hydroxylation is 1. The number of unbranched alkanes of at least 4 members (excludes halogenated alkanes) is 11. The Labute approximate surface area is 259 Å². The maximum absolute atomic E-state index is 13.2. The number of ether oxygens (including phenoxy) is 1. The zero-order valence-electron chi connectivity index (χ0n) is 26.8. The number of thiazole rings is 1. The number of nitrogens with zero attached hydrogens (tertiary/aromatic N) is 1. The normalized spacial score (nSPS) is 11.5. The molecule has 6 heteroatoms. The summed E-state index contributed by atoms with van der Waals surface area (Å²) in [7, 11) is 0. The molecule has 230 valence electrons. The van der Waals surface area contributed by atoms with Crippen molar-refractivity contribution in [3.05, 3.63) is 70.2 Å². The minimum atomic E-state index is -0.268. The Kier molecular flexibility index (Phi) is 14.4. The highest BCUT2D eigenvalue weighted by Crippen LogP contribution is 2.37. The molecule has 0 aliphatic heterocycles. The fourth-order valence-electron chi connectivity index (χ4n) is 5.28. The number of rotatable bonds is 18. The lowest BCUT2D eigenvalue weighted by molar-refractivity contribution is -0.683. The maximum atomic E-state index is 13.2. The van der Waals surface area contributed by atoms with Gasteiger partial charge in [0, 0.05) is 11.1 Å². The van der Waals surface area contributed by atoms with E-state index in [0.29, 0.717) is 18.8 Å². The third-order valence-corrected chi connectivity index (χ3v) is 8.51. The number of urea groups is 1. The molecule has 42 heavy (non-hydrogen) atoms. The molecular formula is C36H54N3O2S+. The molecule has 2 aromatic carbocycles. The van der Waals surface area contributed by atoms with Gasteiger partial charge in [-0.05, 0) is 30.9 Å². The van der Waals surface area contributed by atoms with Crippen LogP contribution in [-0.2, 0) is 12.0 Å². The Morgan fingerprint density at radius 2 is 1.40 bits per heavy atom. The number of aromatic nitrogens is 1. The Bertz CT molecular complexity index is 1210. The van der Waals surface area contributed by atoms with E-state index in [0.717, 1.165) is 29.0 Å². The van der Waals surface area contributed by atoms with Gasteiger partial charge in [0.15, 0.2) is 12.7 Å². The first kappa shape index (κ1) is 33.6. The lowest BCUT2D eigenvalue weighted by atomic mass is 9.86. The monoisotopic (exact) mass is 592 g/mol. The van der Waals surface area contributed by atoms with E-state index in [2.05, 4.69) is 73.7 Å². The second-order valence-corrected chi connectivity index (χ2v) is 13.6. The SMILES string of the molecule is CCCCCCCCCCCCCCOc1c(NC(=O)Nc2ccccc2C[n+]2csc(C)c2)cccc1C(C)(C)C. The predicted octanol–water partition coefficient (Wildman–Crippen LogP) is 10.4. The lowest BCUT2D eigenvalue weighted by Crippen LogP contribution is -2.31. The number of anilines is 2. The zero-order chi connectivity index (χ0) is 30.2. The van der Waals surface area contributed by atoms with Crippen LogP contribution in [0.5, 0.6) is 5.75 Å². The van der Waals surface area contributed by atoms with Gasteiger partial charge in [0.1, 0.15) is 5.75 Å². The Morgan fingerprint density at radius 3 is 2.02 bits per heavy atom. The van der Waals surface area contributed by atoms with Crippen LogP contribution in [-0.4, -0.2) is 12.6 Å². The number of hydrogen-bond acceptors (Lipinski definition) is 3. The Hall–Kier alpha value is -2.86. The molecule has 0 aliphatic carbocycles. The average molecular weight is 593 g/mol. The summed E-state index contributed by atoms with van der Waals surface area (Å²) < 4.78 is 8.54. The maximum Gasteiger partial charge on any atom is 0.323 e. The van der Waals surface area contributed by atoms with Crippen LogP contribution in [0.25, 0.3) is 0 Å². The molecule has 0 atom stereocenters. The van der Waals surface area contributed by atoms with Crippen molar-refractivity contribution in [3.63, 3.8) is 0 Å². The molecule has 0 unspecified atom stereocenters. The van der Waals surface area contributed by atoms with Gasteiger partial charge >= 0.3 is 6.03 Å². The smallest absolute Gasteiger partial charge is 0.323 e. The standard InChI is InChI=1S/C36H53N3O2S/c1-6-7-8-9-10-11-12-13-14-15-16-19-25-41-34-31(36(3,4)5)22-20-24-33(34)38-35(40)37-32-23-18-17-21-30(32)27-39-26-29(2)42-28-39/h17-18,20-24,26,28H,6-16,19,25,27H2,1-5H3,(H-,37,38,40)/p+1. The number of hydrogen-bond donors (Lipinski definition) is 2. The highest BCUT2D eigenvalue weighted by atomic mass is 32.1. The van der Waals surface area contributed by atoms with Gasteiger partial charge < -0.3 is 15.4 Å². The highest BCUT2D eigenvalue weighted by molar-refractivity contribution is 7.09. The first-order valence-corrected chi connectivity index (χ1v) is 17.0. The molecule has 0 saturated carbocycles. The number of nitrogens with one attached hydrogen (secondary N) is 2. The van der Waals surface area contributed by atoms with Crippen molar-refractivity contribution >= 4 is 28.7 Å². The van der Waals surface area contributed by atoms with Crippen LogP contribution in [0.3, 0.4) is 0 Å². The second-order valence-electron chi connectivity index (χ2n) is 12.5. The largest absolute Gasteiger partial charge is 0.491 e. The van der Waals surface area contributed by atoms with Gasteiger partial charge in [-0.3, -0.25) is 0 Å². The van der Waals surface area contributed by atoms with Gasteiger partial charge in [-0.15, -0.1) is 0 Å². The summed E-state index contributed by atoms with van der Waals surface area (Å²) >= 11 is 1.72. The topological polar surface area (TPSA) is 54.2 Å². The molecule has 1 heterocycles. The number of amides is 2. The van der Waals surface area contributed by atoms with E-state index in [4.69, 9.17) is 4.74 Å². The molecule has 2 amide bonds. The first-order chi connectivity index (χ1) is 20.3. The van der Waals surface area contributed by atoms with E-state index >= 15 is 0 Å². The summed E-state index contributed by atoms with van der Waals surface area (Å²) in [5.74, 6) is 0.779. The summed E-state index contributed by atoms with van der Waals surface area (Å²) in [5.41, 5.74) is 5.66. The van der Waals surface area contributed by atoms with Crippen molar-refractivity contribution < 1.29 is 14.1 Å². The molecule has 2 N–H and O–H groups in total. The predicted molar refractivity (Wildman–Crippen MR) is 179 cm³/mol.